The van der Waals surface area contributed by atoms with Gasteiger partial charge in [-0.3, -0.25) is 4.79 Å². The summed E-state index contributed by atoms with van der Waals surface area (Å²) in [7, 11) is -1.62. The number of sulfone groups is 1. The average Bonchev–Trinajstić information content (AvgIpc) is 3.09. The van der Waals surface area contributed by atoms with Gasteiger partial charge in [-0.05, 0) is 32.9 Å². The molecule has 1 aromatic rings. The molecule has 1 N–H and O–H groups in total. The van der Waals surface area contributed by atoms with Crippen LogP contribution in [-0.4, -0.2) is 67.6 Å². The second kappa shape index (κ2) is 8.46. The minimum absolute atomic E-state index is 0.00869. The fourth-order valence-electron chi connectivity index (χ4n) is 3.23. The number of thioether (sulfide) groups is 1. The Hall–Kier alpha value is -2.27. The van der Waals surface area contributed by atoms with Gasteiger partial charge in [-0.2, -0.15) is 4.99 Å². The van der Waals surface area contributed by atoms with Crippen LogP contribution in [0.15, 0.2) is 29.3 Å². The zero-order chi connectivity index (χ0) is 22.1. The molecule has 2 amide bonds. The number of aliphatic imine (C=N–C) groups is 1. The Kier molecular flexibility index (Phi) is 6.32. The van der Waals surface area contributed by atoms with Gasteiger partial charge in [0.1, 0.15) is 17.9 Å². The molecule has 2 aliphatic heterocycles. The third-order valence-electron chi connectivity index (χ3n) is 4.40. The second-order valence-electron chi connectivity index (χ2n) is 8.02. The van der Waals surface area contributed by atoms with E-state index in [1.54, 1.807) is 51.0 Å². The topological polar surface area (TPSA) is 114 Å². The number of nitrogens with zero attached hydrogens (tertiary/aromatic N) is 2. The van der Waals surface area contributed by atoms with Crippen molar-refractivity contribution in [3.63, 3.8) is 0 Å². The number of benzene rings is 1. The highest BCUT2D eigenvalue weighted by Crippen LogP contribution is 2.41. The predicted octanol–water partition coefficient (Wildman–Crippen LogP) is 1.82. The third kappa shape index (κ3) is 5.45. The minimum Gasteiger partial charge on any atom is -0.497 e. The summed E-state index contributed by atoms with van der Waals surface area (Å²) in [6, 6.07) is 6.83. The maximum Gasteiger partial charge on any atom is 0.408 e. The van der Waals surface area contributed by atoms with Crippen LogP contribution in [0.3, 0.4) is 0 Å². The first kappa shape index (κ1) is 22.4. The van der Waals surface area contributed by atoms with E-state index in [-0.39, 0.29) is 29.3 Å². The molecule has 11 heteroatoms. The van der Waals surface area contributed by atoms with Crippen molar-refractivity contribution in [2.45, 2.75) is 37.7 Å². The van der Waals surface area contributed by atoms with E-state index in [1.165, 1.54) is 11.8 Å². The maximum atomic E-state index is 12.4. The lowest BCUT2D eigenvalue weighted by Crippen LogP contribution is -2.38. The lowest BCUT2D eigenvalue weighted by Gasteiger charge is -2.24. The van der Waals surface area contributed by atoms with Gasteiger partial charge in [0.05, 0.1) is 24.7 Å². The number of alkyl carbamates (subject to hydrolysis) is 1. The van der Waals surface area contributed by atoms with E-state index in [9.17, 15) is 18.0 Å². The van der Waals surface area contributed by atoms with Crippen molar-refractivity contribution in [2.75, 3.05) is 30.1 Å². The van der Waals surface area contributed by atoms with Crippen LogP contribution in [0.25, 0.3) is 0 Å². The normalized spacial score (nSPS) is 23.9. The first-order chi connectivity index (χ1) is 14.0. The first-order valence-corrected chi connectivity index (χ1v) is 12.1. The van der Waals surface area contributed by atoms with Gasteiger partial charge in [-0.15, -0.1) is 0 Å². The van der Waals surface area contributed by atoms with Gasteiger partial charge in [0.2, 0.25) is 0 Å². The number of hydrogen-bond acceptors (Lipinski definition) is 7. The van der Waals surface area contributed by atoms with Gasteiger partial charge in [-0.1, -0.05) is 17.8 Å². The maximum absolute atomic E-state index is 12.4. The Bertz CT molecular complexity index is 971. The number of methoxy groups -OCH3 is 1. The van der Waals surface area contributed by atoms with E-state index in [0.29, 0.717) is 16.6 Å². The number of ether oxygens (including phenoxy) is 2. The summed E-state index contributed by atoms with van der Waals surface area (Å²) in [6.45, 7) is 4.85. The van der Waals surface area contributed by atoms with E-state index in [2.05, 4.69) is 10.3 Å². The van der Waals surface area contributed by atoms with Crippen molar-refractivity contribution >= 4 is 44.5 Å². The highest BCUT2D eigenvalue weighted by Gasteiger charge is 2.49. The van der Waals surface area contributed by atoms with Gasteiger partial charge >= 0.3 is 6.09 Å². The molecule has 3 rings (SSSR count). The molecule has 0 spiro atoms. The van der Waals surface area contributed by atoms with E-state index in [0.717, 1.165) is 0 Å². The molecule has 0 bridgehead atoms. The summed E-state index contributed by atoms with van der Waals surface area (Å²) >= 11 is 1.26. The molecule has 0 saturated carbocycles. The minimum atomic E-state index is -3.16. The largest absolute Gasteiger partial charge is 0.497 e. The van der Waals surface area contributed by atoms with Crippen molar-refractivity contribution in [1.29, 1.82) is 0 Å². The van der Waals surface area contributed by atoms with E-state index in [4.69, 9.17) is 9.47 Å². The Balaban J connectivity index is 1.80. The van der Waals surface area contributed by atoms with Crippen molar-refractivity contribution < 1.29 is 27.5 Å². The average molecular weight is 456 g/mol. The molecule has 2 atom stereocenters. The Morgan fingerprint density at radius 2 is 2.03 bits per heavy atom. The van der Waals surface area contributed by atoms with Crippen LogP contribution in [0, 0.1) is 0 Å². The van der Waals surface area contributed by atoms with Crippen LogP contribution in [0.2, 0.25) is 0 Å². The van der Waals surface area contributed by atoms with Crippen LogP contribution in [-0.2, 0) is 19.4 Å². The lowest BCUT2D eigenvalue weighted by atomic mass is 10.2. The Morgan fingerprint density at radius 1 is 1.30 bits per heavy atom. The summed E-state index contributed by atoms with van der Waals surface area (Å²) in [4.78, 5) is 30.1. The highest BCUT2D eigenvalue weighted by atomic mass is 32.2. The molecule has 2 heterocycles. The Morgan fingerprint density at radius 3 is 2.70 bits per heavy atom. The third-order valence-corrected chi connectivity index (χ3v) is 7.61. The molecular weight excluding hydrogens is 430 g/mol. The smallest absolute Gasteiger partial charge is 0.408 e. The quantitative estimate of drug-likeness (QED) is 0.731. The number of nitrogens with one attached hydrogen (secondary N) is 1. The standard InChI is InChI=1S/C19H25N3O6S2/c1-19(2,3)28-18(24)20-9-16(23)21-17-22(12-6-5-7-13(8-12)27-4)14-10-30(25,26)11-15(14)29-17/h5-8,14-15H,9-11H2,1-4H3,(H,20,24)/t14-,15-/m0/s1. The number of hydrogen-bond donors (Lipinski definition) is 1. The molecule has 164 valence electrons. The zero-order valence-corrected chi connectivity index (χ0v) is 18.9. The van der Waals surface area contributed by atoms with Crippen LogP contribution in [0.4, 0.5) is 10.5 Å². The van der Waals surface area contributed by atoms with Crippen molar-refractivity contribution in [2.24, 2.45) is 4.99 Å². The molecule has 30 heavy (non-hydrogen) atoms. The van der Waals surface area contributed by atoms with Crippen LogP contribution in [0.1, 0.15) is 20.8 Å². The summed E-state index contributed by atoms with van der Waals surface area (Å²) < 4.78 is 34.6. The van der Waals surface area contributed by atoms with Gasteiger partial charge in [0.25, 0.3) is 5.91 Å². The number of fused-ring (bicyclic) bond motifs is 1. The summed E-state index contributed by atoms with van der Waals surface area (Å²) in [6.07, 6.45) is -0.706. The van der Waals surface area contributed by atoms with E-state index in [1.807, 2.05) is 6.07 Å². The molecule has 9 nitrogen and oxygen atoms in total. The molecule has 0 aliphatic carbocycles. The molecule has 0 aromatic heterocycles. The SMILES string of the molecule is COc1cccc(N2C(=NC(=O)CNC(=O)OC(C)(C)C)S[C@H]3CS(=O)(=O)C[C@@H]32)c1. The van der Waals surface area contributed by atoms with Crippen LogP contribution < -0.4 is 15.0 Å². The van der Waals surface area contributed by atoms with Crippen molar-refractivity contribution in [3.8, 4) is 5.75 Å². The van der Waals surface area contributed by atoms with Crippen molar-refractivity contribution in [1.82, 2.24) is 5.32 Å². The van der Waals surface area contributed by atoms with Crippen LogP contribution >= 0.6 is 11.8 Å². The van der Waals surface area contributed by atoms with Gasteiger partial charge < -0.3 is 19.7 Å². The number of carbonyl (C=O) groups excluding carboxylic acids is 2. The molecule has 0 radical (unpaired) electrons. The number of amidine groups is 1. The summed E-state index contributed by atoms with van der Waals surface area (Å²) in [5.74, 6) is 0.0791. The fraction of sp³-hybridized carbons (Fsp3) is 0.526. The van der Waals surface area contributed by atoms with Gasteiger partial charge in [0.15, 0.2) is 15.0 Å². The lowest BCUT2D eigenvalue weighted by molar-refractivity contribution is -0.117. The molecule has 2 saturated heterocycles. The molecule has 2 fully saturated rings. The number of amides is 2. The fourth-order valence-corrected chi connectivity index (χ4v) is 7.17. The predicted molar refractivity (Wildman–Crippen MR) is 116 cm³/mol. The number of rotatable bonds is 4. The first-order valence-electron chi connectivity index (χ1n) is 9.36. The van der Waals surface area contributed by atoms with Crippen LogP contribution in [0.5, 0.6) is 5.75 Å². The van der Waals surface area contributed by atoms with Gasteiger partial charge in [0, 0.05) is 17.0 Å². The molecule has 2 aliphatic rings. The molecular formula is C19H25N3O6S2. The molecule has 0 unspecified atom stereocenters. The molecule has 1 aromatic carbocycles. The number of carbonyl (C=O) groups is 2. The number of anilines is 1. The second-order valence-corrected chi connectivity index (χ2v) is 11.4. The monoisotopic (exact) mass is 455 g/mol. The highest BCUT2D eigenvalue weighted by molar-refractivity contribution is 8.16. The van der Waals surface area contributed by atoms with E-state index >= 15 is 0 Å². The Labute approximate surface area is 180 Å². The summed E-state index contributed by atoms with van der Waals surface area (Å²) in [5.41, 5.74) is 0.0185. The van der Waals surface area contributed by atoms with Crippen molar-refractivity contribution in [3.05, 3.63) is 24.3 Å². The van der Waals surface area contributed by atoms with Gasteiger partial charge in [-0.25, -0.2) is 13.2 Å². The summed E-state index contributed by atoms with van der Waals surface area (Å²) in [5, 5.41) is 2.58. The zero-order valence-electron chi connectivity index (χ0n) is 17.2. The van der Waals surface area contributed by atoms with E-state index < -0.39 is 27.4 Å².